The fourth-order valence-corrected chi connectivity index (χ4v) is 7.99. The Balaban J connectivity index is 1.48. The molecule has 0 radical (unpaired) electrons. The fourth-order valence-electron chi connectivity index (χ4n) is 7.99. The molecule has 1 saturated carbocycles. The molecule has 0 aliphatic heterocycles. The van der Waals surface area contributed by atoms with Crippen LogP contribution in [-0.4, -0.2) is 42.6 Å². The standard InChI is InChI=1S/C51H69FO5/c1-7-11-12-15-38-19-21-40(22-20-38)41-23-25-42(26-24-41)44-28-27-43(48(52)33-44)16-13-18-47(39(8-2)9-3)45-29-30-49(57-36-51(10-4,34-53)35-54)46(32-45)17-14-31-56-50(55)37(5)6/h13,18,23-30,32-33,38,40,53-54H,5,7-12,14-17,19-22,31,34-36H2,1-4,6H3/b18-13-. The Morgan fingerprint density at radius 1 is 0.877 bits per heavy atom. The van der Waals surface area contributed by atoms with E-state index in [-0.39, 0.29) is 32.2 Å². The summed E-state index contributed by atoms with van der Waals surface area (Å²) in [5.41, 5.74) is 7.95. The van der Waals surface area contributed by atoms with Crippen molar-refractivity contribution in [3.8, 4) is 16.9 Å². The van der Waals surface area contributed by atoms with Crippen LogP contribution >= 0.6 is 0 Å². The van der Waals surface area contributed by atoms with Crippen LogP contribution in [-0.2, 0) is 22.4 Å². The van der Waals surface area contributed by atoms with Crippen molar-refractivity contribution in [1.82, 2.24) is 0 Å². The molecule has 0 spiro atoms. The first-order chi connectivity index (χ1) is 27.6. The fraction of sp³-hybridized carbons (Fsp3) is 0.510. The second-order valence-electron chi connectivity index (χ2n) is 16.3. The number of halogens is 1. The number of unbranched alkanes of at least 4 members (excludes halogenated alkanes) is 2. The lowest BCUT2D eigenvalue weighted by atomic mass is 9.77. The van der Waals surface area contributed by atoms with Crippen LogP contribution in [0.2, 0.25) is 0 Å². The molecule has 57 heavy (non-hydrogen) atoms. The lowest BCUT2D eigenvalue weighted by Gasteiger charge is -2.29. The highest BCUT2D eigenvalue weighted by molar-refractivity contribution is 5.86. The van der Waals surface area contributed by atoms with Gasteiger partial charge in [0.15, 0.2) is 0 Å². The third kappa shape index (κ3) is 13.3. The number of hydrogen-bond donors (Lipinski definition) is 2. The van der Waals surface area contributed by atoms with Crippen molar-refractivity contribution in [2.75, 3.05) is 26.4 Å². The van der Waals surface area contributed by atoms with Crippen LogP contribution in [0.25, 0.3) is 16.7 Å². The highest BCUT2D eigenvalue weighted by atomic mass is 19.1. The number of esters is 1. The number of benzene rings is 3. The second-order valence-corrected chi connectivity index (χ2v) is 16.3. The van der Waals surface area contributed by atoms with Crippen LogP contribution in [0.1, 0.15) is 140 Å². The van der Waals surface area contributed by atoms with E-state index in [2.05, 4.69) is 63.8 Å². The molecule has 0 saturated heterocycles. The van der Waals surface area contributed by atoms with Gasteiger partial charge in [-0.2, -0.15) is 0 Å². The highest BCUT2D eigenvalue weighted by Gasteiger charge is 2.28. The molecule has 4 rings (SSSR count). The summed E-state index contributed by atoms with van der Waals surface area (Å²) in [5.74, 6) is 1.58. The molecule has 0 atom stereocenters. The minimum Gasteiger partial charge on any atom is -0.493 e. The summed E-state index contributed by atoms with van der Waals surface area (Å²) in [4.78, 5) is 12.0. The van der Waals surface area contributed by atoms with Crippen LogP contribution in [0, 0.1) is 17.2 Å². The molecule has 2 N–H and O–H groups in total. The Morgan fingerprint density at radius 2 is 1.58 bits per heavy atom. The average molecular weight is 781 g/mol. The number of aryl methyl sites for hydroxylation is 1. The topological polar surface area (TPSA) is 76.0 Å². The number of carbonyl (C=O) groups excluding carboxylic acids is 1. The Hall–Kier alpha value is -4.00. The largest absolute Gasteiger partial charge is 0.493 e. The van der Waals surface area contributed by atoms with E-state index < -0.39 is 11.4 Å². The number of allylic oxidation sites excluding steroid dienone is 4. The van der Waals surface area contributed by atoms with Gasteiger partial charge >= 0.3 is 5.97 Å². The molecule has 3 aromatic rings. The van der Waals surface area contributed by atoms with Crippen molar-refractivity contribution in [2.24, 2.45) is 11.3 Å². The third-order valence-corrected chi connectivity index (χ3v) is 12.2. The Labute approximate surface area is 343 Å². The zero-order valence-electron chi connectivity index (χ0n) is 35.5. The molecular formula is C51H69FO5. The van der Waals surface area contributed by atoms with Gasteiger partial charge in [-0.1, -0.05) is 120 Å². The first-order valence-corrected chi connectivity index (χ1v) is 21.7. The predicted octanol–water partition coefficient (Wildman–Crippen LogP) is 12.5. The molecule has 0 unspecified atom stereocenters. The molecular weight excluding hydrogens is 712 g/mol. The van der Waals surface area contributed by atoms with E-state index in [0.717, 1.165) is 46.6 Å². The van der Waals surface area contributed by atoms with Gasteiger partial charge in [-0.05, 0) is 140 Å². The molecule has 1 aliphatic carbocycles. The molecule has 3 aromatic carbocycles. The lowest BCUT2D eigenvalue weighted by molar-refractivity contribution is -0.139. The quantitative estimate of drug-likeness (QED) is 0.0434. The first kappa shape index (κ1) is 45.7. The maximum atomic E-state index is 15.6. The van der Waals surface area contributed by atoms with E-state index in [1.54, 1.807) is 13.0 Å². The second kappa shape index (κ2) is 23.4. The van der Waals surface area contributed by atoms with Crippen molar-refractivity contribution in [3.63, 3.8) is 0 Å². The van der Waals surface area contributed by atoms with Gasteiger partial charge in [0.1, 0.15) is 11.6 Å². The minimum absolute atomic E-state index is 0.168. The van der Waals surface area contributed by atoms with Gasteiger partial charge in [-0.3, -0.25) is 0 Å². The monoisotopic (exact) mass is 781 g/mol. The molecule has 0 bridgehead atoms. The zero-order valence-corrected chi connectivity index (χ0v) is 35.5. The number of carbonyl (C=O) groups is 1. The Bertz CT molecular complexity index is 1760. The van der Waals surface area contributed by atoms with Gasteiger partial charge < -0.3 is 19.7 Å². The smallest absolute Gasteiger partial charge is 0.333 e. The SMILES string of the molecule is C=C(C)C(=O)OCCCc1cc(C(/C=C\Cc2ccc(-c3ccc(C4CCC(CCCCC)CC4)cc3)cc2F)=C(CC)CC)ccc1OCC(CC)(CO)CO. The van der Waals surface area contributed by atoms with E-state index in [1.165, 1.54) is 62.5 Å². The normalized spacial score (nSPS) is 15.8. The molecule has 6 heteroatoms. The highest BCUT2D eigenvalue weighted by Crippen LogP contribution is 2.39. The minimum atomic E-state index is -0.747. The van der Waals surface area contributed by atoms with E-state index >= 15 is 4.39 Å². The molecule has 0 heterocycles. The van der Waals surface area contributed by atoms with Crippen LogP contribution < -0.4 is 4.74 Å². The summed E-state index contributed by atoms with van der Waals surface area (Å²) in [6.45, 7) is 13.8. The summed E-state index contributed by atoms with van der Waals surface area (Å²) in [6, 6.07) is 20.5. The van der Waals surface area contributed by atoms with Crippen molar-refractivity contribution in [3.05, 3.63) is 119 Å². The summed E-state index contributed by atoms with van der Waals surface area (Å²) in [7, 11) is 0. The maximum absolute atomic E-state index is 15.6. The average Bonchev–Trinajstić information content (AvgIpc) is 3.24. The van der Waals surface area contributed by atoms with Crippen LogP contribution in [0.4, 0.5) is 4.39 Å². The van der Waals surface area contributed by atoms with Crippen molar-refractivity contribution in [2.45, 2.75) is 130 Å². The summed E-state index contributed by atoms with van der Waals surface area (Å²) >= 11 is 0. The maximum Gasteiger partial charge on any atom is 0.333 e. The third-order valence-electron chi connectivity index (χ3n) is 12.2. The van der Waals surface area contributed by atoms with E-state index in [9.17, 15) is 15.0 Å². The number of rotatable bonds is 23. The van der Waals surface area contributed by atoms with Gasteiger partial charge in [-0.25, -0.2) is 9.18 Å². The molecule has 1 fully saturated rings. The Morgan fingerprint density at radius 3 is 2.19 bits per heavy atom. The van der Waals surface area contributed by atoms with E-state index in [0.29, 0.717) is 48.5 Å². The molecule has 0 amide bonds. The van der Waals surface area contributed by atoms with E-state index in [1.807, 2.05) is 37.3 Å². The van der Waals surface area contributed by atoms with Gasteiger partial charge in [0, 0.05) is 5.57 Å². The predicted molar refractivity (Wildman–Crippen MR) is 234 cm³/mol. The molecule has 310 valence electrons. The van der Waals surface area contributed by atoms with Gasteiger partial charge in [0.25, 0.3) is 0 Å². The van der Waals surface area contributed by atoms with Crippen LogP contribution in [0.5, 0.6) is 5.75 Å². The van der Waals surface area contributed by atoms with Crippen LogP contribution in [0.15, 0.2) is 90.5 Å². The summed E-state index contributed by atoms with van der Waals surface area (Å²) in [5, 5.41) is 20.0. The number of ether oxygens (including phenoxy) is 2. The molecule has 1 aliphatic rings. The van der Waals surface area contributed by atoms with Gasteiger partial charge in [0.05, 0.1) is 31.8 Å². The van der Waals surface area contributed by atoms with Gasteiger partial charge in [-0.15, -0.1) is 0 Å². The van der Waals surface area contributed by atoms with Crippen LogP contribution in [0.3, 0.4) is 0 Å². The summed E-state index contributed by atoms with van der Waals surface area (Å²) < 4.78 is 27.3. The van der Waals surface area contributed by atoms with Gasteiger partial charge in [0.2, 0.25) is 0 Å². The van der Waals surface area contributed by atoms with Crippen molar-refractivity contribution < 1.29 is 28.9 Å². The van der Waals surface area contributed by atoms with Crippen molar-refractivity contribution in [1.29, 1.82) is 0 Å². The Kier molecular flexibility index (Phi) is 18.8. The zero-order chi connectivity index (χ0) is 41.2. The summed E-state index contributed by atoms with van der Waals surface area (Å²) in [6.07, 6.45) is 18.7. The van der Waals surface area contributed by atoms with E-state index in [4.69, 9.17) is 9.47 Å². The van der Waals surface area contributed by atoms with Crippen molar-refractivity contribution >= 4 is 11.5 Å². The number of aliphatic hydroxyl groups excluding tert-OH is 2. The lowest BCUT2D eigenvalue weighted by Crippen LogP contribution is -2.35. The number of aliphatic hydroxyl groups is 2. The molecule has 0 aromatic heterocycles. The molecule has 5 nitrogen and oxygen atoms in total. The first-order valence-electron chi connectivity index (χ1n) is 21.7. The number of hydrogen-bond acceptors (Lipinski definition) is 5.